The van der Waals surface area contributed by atoms with E-state index in [1.807, 2.05) is 0 Å². The van der Waals surface area contributed by atoms with E-state index in [1.54, 1.807) is 13.0 Å². The van der Waals surface area contributed by atoms with Crippen LogP contribution in [-0.4, -0.2) is 72.0 Å². The van der Waals surface area contributed by atoms with E-state index in [4.69, 9.17) is 26.1 Å². The number of nitrogens with one attached hydrogen (secondary N) is 2. The van der Waals surface area contributed by atoms with E-state index in [-0.39, 0.29) is 34.9 Å². The van der Waals surface area contributed by atoms with Crippen molar-refractivity contribution in [2.75, 3.05) is 24.7 Å². The van der Waals surface area contributed by atoms with Crippen molar-refractivity contribution in [1.82, 2.24) is 10.3 Å². The molecule has 0 radical (unpaired) electrons. The molecule has 1 amide bonds. The Morgan fingerprint density at radius 3 is 2.64 bits per heavy atom. The fraction of sp³-hybridized carbons (Fsp3) is 0.565. The van der Waals surface area contributed by atoms with Gasteiger partial charge >= 0.3 is 7.82 Å². The van der Waals surface area contributed by atoms with Gasteiger partial charge in [0.15, 0.2) is 21.3 Å². The fourth-order valence-corrected chi connectivity index (χ4v) is 6.74. The highest BCUT2D eigenvalue weighted by Crippen LogP contribution is 2.37. The number of carbonyl (C=O) groups excluding carboxylic acids is 1. The number of halogens is 1. The number of aryl methyl sites for hydroxylation is 1. The maximum atomic E-state index is 12.5. The summed E-state index contributed by atoms with van der Waals surface area (Å²) in [6.07, 6.45) is 3.66. The molecule has 0 bridgehead atoms. The summed E-state index contributed by atoms with van der Waals surface area (Å²) in [7, 11) is -8.26. The Morgan fingerprint density at radius 1 is 1.31 bits per heavy atom. The van der Waals surface area contributed by atoms with Crippen LogP contribution in [-0.2, 0) is 28.5 Å². The van der Waals surface area contributed by atoms with Crippen LogP contribution in [0.3, 0.4) is 0 Å². The van der Waals surface area contributed by atoms with Crippen molar-refractivity contribution in [3.8, 4) is 10.4 Å². The van der Waals surface area contributed by atoms with Gasteiger partial charge in [-0.2, -0.15) is 0 Å². The molecule has 1 aliphatic rings. The van der Waals surface area contributed by atoms with E-state index in [2.05, 4.69) is 20.1 Å². The predicted molar refractivity (Wildman–Crippen MR) is 147 cm³/mol. The number of hydrogen-bond donors (Lipinski definition) is 5. The zero-order valence-electron chi connectivity index (χ0n) is 21.5. The number of nitrogens with zero attached hydrogens (tertiary/aromatic N) is 1. The van der Waals surface area contributed by atoms with Crippen molar-refractivity contribution in [1.29, 1.82) is 0 Å². The van der Waals surface area contributed by atoms with Crippen LogP contribution in [0, 0.1) is 6.92 Å². The highest BCUT2D eigenvalue weighted by Gasteiger charge is 2.28. The number of aliphatic hydroxyl groups is 1. The molecule has 218 valence electrons. The Bertz CT molecular complexity index is 1300. The third kappa shape index (κ3) is 10.2. The fourth-order valence-electron chi connectivity index (χ4n) is 4.10. The molecule has 2 atom stereocenters. The van der Waals surface area contributed by atoms with E-state index in [1.165, 1.54) is 23.5 Å². The molecular weight excluding hydrogens is 593 g/mol. The summed E-state index contributed by atoms with van der Waals surface area (Å²) in [5, 5.41) is 16.6. The first-order valence-electron chi connectivity index (χ1n) is 12.3. The van der Waals surface area contributed by atoms with Crippen molar-refractivity contribution in [3.05, 3.63) is 28.9 Å². The number of sulfone groups is 1. The van der Waals surface area contributed by atoms with Gasteiger partial charge in [-0.15, -0.1) is 0 Å². The molecule has 1 unspecified atom stereocenters. The van der Waals surface area contributed by atoms with Crippen LogP contribution in [0.15, 0.2) is 23.1 Å². The first kappa shape index (κ1) is 32.1. The Kier molecular flexibility index (Phi) is 11.5. The highest BCUT2D eigenvalue weighted by molar-refractivity contribution is 7.90. The number of phosphoric acid groups is 1. The van der Waals surface area contributed by atoms with Gasteiger partial charge in [0.2, 0.25) is 5.91 Å². The Balaban J connectivity index is 1.53. The molecule has 0 spiro atoms. The number of hydrogen-bond acceptors (Lipinski definition) is 10. The lowest BCUT2D eigenvalue weighted by Gasteiger charge is -2.26. The van der Waals surface area contributed by atoms with Gasteiger partial charge < -0.3 is 30.3 Å². The van der Waals surface area contributed by atoms with Crippen LogP contribution in [0.1, 0.15) is 44.2 Å². The summed E-state index contributed by atoms with van der Waals surface area (Å²) in [6, 6.07) is 3.77. The summed E-state index contributed by atoms with van der Waals surface area (Å²) in [4.78, 5) is 35.6. The number of aromatic nitrogens is 1. The summed E-state index contributed by atoms with van der Waals surface area (Å²) in [6.45, 7) is 1.52. The third-order valence-corrected chi connectivity index (χ3v) is 9.21. The number of ether oxygens (including phenoxy) is 1. The normalized spacial score (nSPS) is 16.4. The number of thiazole rings is 1. The third-order valence-electron chi connectivity index (χ3n) is 6.02. The van der Waals surface area contributed by atoms with Crippen LogP contribution in [0.25, 0.3) is 10.4 Å². The van der Waals surface area contributed by atoms with Crippen molar-refractivity contribution in [2.24, 2.45) is 0 Å². The summed E-state index contributed by atoms with van der Waals surface area (Å²) < 4.78 is 45.3. The first-order chi connectivity index (χ1) is 18.2. The van der Waals surface area contributed by atoms with Crippen LogP contribution in [0.4, 0.5) is 5.13 Å². The minimum absolute atomic E-state index is 0.0100. The summed E-state index contributed by atoms with van der Waals surface area (Å²) >= 11 is 7.24. The van der Waals surface area contributed by atoms with E-state index >= 15 is 0 Å². The van der Waals surface area contributed by atoms with E-state index in [0.29, 0.717) is 27.7 Å². The monoisotopic (exact) mass is 625 g/mol. The molecular formula is C23H33ClN3O9PS2. The second-order valence-corrected chi connectivity index (χ2v) is 13.9. The number of aliphatic hydroxyl groups excluding tert-OH is 1. The van der Waals surface area contributed by atoms with Gasteiger partial charge in [-0.3, -0.25) is 9.32 Å². The number of benzene rings is 1. The van der Waals surface area contributed by atoms with Gasteiger partial charge in [0.05, 0.1) is 39.2 Å². The van der Waals surface area contributed by atoms with Gasteiger partial charge in [-0.25, -0.2) is 18.0 Å². The largest absolute Gasteiger partial charge is 0.469 e. The maximum Gasteiger partial charge on any atom is 0.469 e. The molecule has 1 fully saturated rings. The number of anilines is 1. The number of rotatable bonds is 14. The van der Waals surface area contributed by atoms with Gasteiger partial charge in [0.1, 0.15) is 0 Å². The average molecular weight is 626 g/mol. The van der Waals surface area contributed by atoms with E-state index in [9.17, 15) is 22.9 Å². The van der Waals surface area contributed by atoms with Gasteiger partial charge in [0.25, 0.3) is 0 Å². The van der Waals surface area contributed by atoms with Crippen molar-refractivity contribution in [3.63, 3.8) is 0 Å². The summed E-state index contributed by atoms with van der Waals surface area (Å²) in [5.74, 6) is -0.309. The lowest BCUT2D eigenvalue weighted by molar-refractivity contribution is -0.155. The molecule has 1 aromatic carbocycles. The zero-order chi connectivity index (χ0) is 28.8. The molecule has 39 heavy (non-hydrogen) atoms. The van der Waals surface area contributed by atoms with Crippen LogP contribution in [0.2, 0.25) is 5.02 Å². The molecule has 1 aliphatic carbocycles. The number of amides is 1. The Labute approximate surface area is 236 Å². The predicted octanol–water partition coefficient (Wildman–Crippen LogP) is 3.24. The topological polar surface area (TPSA) is 184 Å². The number of phosphoric ester groups is 1. The maximum absolute atomic E-state index is 12.5. The van der Waals surface area contributed by atoms with E-state index in [0.717, 1.165) is 31.9 Å². The minimum atomic E-state index is -4.74. The lowest BCUT2D eigenvalue weighted by Crippen LogP contribution is -2.46. The lowest BCUT2D eigenvalue weighted by atomic mass is 10.2. The highest BCUT2D eigenvalue weighted by atomic mass is 35.5. The van der Waals surface area contributed by atoms with Crippen molar-refractivity contribution >= 4 is 51.6 Å². The SMILES string of the molecule is Cc1nc(NC(=O)CCCN[C@@H](COP(=O)(O)O)C(O)OC2CCCC2)sc1-c1ccc(Cl)c(S(C)(=O)=O)c1. The van der Waals surface area contributed by atoms with Gasteiger partial charge in [0, 0.05) is 12.7 Å². The Morgan fingerprint density at radius 2 is 2.00 bits per heavy atom. The standard InChI is InChI=1S/C23H33ClN3O9PS2/c1-14-21(15-9-10-17(24)19(12-15)39(2,33)34)38-23(26-14)27-20(28)8-5-11-25-18(13-35-37(30,31)32)22(29)36-16-6-3-4-7-16/h9-10,12,16,18,22,25,29H,3-8,11,13H2,1-2H3,(H,26,27,28)(H2,30,31,32)/t18-,22?/m0/s1. The summed E-state index contributed by atoms with van der Waals surface area (Å²) in [5.41, 5.74) is 1.23. The van der Waals surface area contributed by atoms with Gasteiger partial charge in [-0.05, 0) is 50.4 Å². The second-order valence-electron chi connectivity index (χ2n) is 9.28. The molecule has 1 saturated carbocycles. The zero-order valence-corrected chi connectivity index (χ0v) is 24.8. The number of carbonyl (C=O) groups is 1. The smallest absolute Gasteiger partial charge is 0.367 e. The minimum Gasteiger partial charge on any atom is -0.367 e. The quantitative estimate of drug-likeness (QED) is 0.118. The molecule has 0 saturated heterocycles. The molecule has 2 aromatic rings. The Hall–Kier alpha value is -1.45. The van der Waals surface area contributed by atoms with E-state index < -0.39 is 36.6 Å². The molecule has 1 heterocycles. The molecule has 1 aromatic heterocycles. The average Bonchev–Trinajstić information content (AvgIpc) is 3.46. The molecule has 5 N–H and O–H groups in total. The molecule has 12 nitrogen and oxygen atoms in total. The molecule has 16 heteroatoms. The van der Waals surface area contributed by atoms with Crippen molar-refractivity contribution < 1.29 is 41.9 Å². The first-order valence-corrected chi connectivity index (χ1v) is 16.9. The van der Waals surface area contributed by atoms with Gasteiger partial charge in [-0.1, -0.05) is 41.8 Å². The molecule has 0 aliphatic heterocycles. The van der Waals surface area contributed by atoms with Crippen molar-refractivity contribution in [2.45, 2.75) is 68.8 Å². The second kappa shape index (κ2) is 13.9. The van der Waals surface area contributed by atoms with Crippen LogP contribution >= 0.6 is 30.8 Å². The van der Waals surface area contributed by atoms with Crippen LogP contribution < -0.4 is 10.6 Å². The van der Waals surface area contributed by atoms with Crippen LogP contribution in [0.5, 0.6) is 0 Å². The molecule has 3 rings (SSSR count).